The second-order valence-corrected chi connectivity index (χ2v) is 5.04. The maximum absolute atomic E-state index is 11.2. The average Bonchev–Trinajstić information content (AvgIpc) is 2.94. The normalized spacial score (nSPS) is 28.0. The van der Waals surface area contributed by atoms with Gasteiger partial charge in [-0.25, -0.2) is 0 Å². The lowest BCUT2D eigenvalue weighted by Gasteiger charge is -2.26. The Labute approximate surface area is 80.9 Å². The number of hydrogen-bond acceptors (Lipinski definition) is 1. The summed E-state index contributed by atoms with van der Waals surface area (Å²) in [6.07, 6.45) is 12.9. The van der Waals surface area contributed by atoms with Crippen molar-refractivity contribution in [3.05, 3.63) is 0 Å². The number of carbonyl (C=O) groups excluding carboxylic acids is 1. The van der Waals surface area contributed by atoms with E-state index in [-0.39, 0.29) is 5.41 Å². The zero-order chi connectivity index (χ0) is 9.15. The molecule has 0 aromatic carbocycles. The lowest BCUT2D eigenvalue weighted by molar-refractivity contribution is -0.117. The molecule has 2 fully saturated rings. The minimum Gasteiger partial charge on any atom is -0.303 e. The third-order valence-corrected chi connectivity index (χ3v) is 3.74. The fraction of sp³-hybridized carbons (Fsp3) is 0.917. The van der Waals surface area contributed by atoms with Gasteiger partial charge in [-0.15, -0.1) is 0 Å². The fourth-order valence-corrected chi connectivity index (χ4v) is 2.70. The summed E-state index contributed by atoms with van der Waals surface area (Å²) in [5.41, 5.74) is 0.109. The molecule has 0 saturated heterocycles. The summed E-state index contributed by atoms with van der Waals surface area (Å²) in [5.74, 6) is 0.906. The van der Waals surface area contributed by atoms with E-state index in [0.29, 0.717) is 0 Å². The summed E-state index contributed by atoms with van der Waals surface area (Å²) in [5, 5.41) is 0. The van der Waals surface area contributed by atoms with Crippen molar-refractivity contribution >= 4 is 6.29 Å². The average molecular weight is 180 g/mol. The van der Waals surface area contributed by atoms with Gasteiger partial charge in [0.05, 0.1) is 0 Å². The van der Waals surface area contributed by atoms with E-state index in [1.165, 1.54) is 64.1 Å². The Morgan fingerprint density at radius 2 is 1.69 bits per heavy atom. The molecule has 0 aromatic rings. The largest absolute Gasteiger partial charge is 0.303 e. The highest BCUT2D eigenvalue weighted by atomic mass is 16.1. The SMILES string of the molecule is O=CC1(CC2CC2)CCCCCC1. The molecule has 1 nitrogen and oxygen atoms in total. The molecule has 2 aliphatic carbocycles. The van der Waals surface area contributed by atoms with Crippen molar-refractivity contribution in [1.82, 2.24) is 0 Å². The molecule has 0 unspecified atom stereocenters. The van der Waals surface area contributed by atoms with Crippen LogP contribution >= 0.6 is 0 Å². The molecular weight excluding hydrogens is 160 g/mol. The maximum atomic E-state index is 11.2. The summed E-state index contributed by atoms with van der Waals surface area (Å²) >= 11 is 0. The smallest absolute Gasteiger partial charge is 0.126 e. The van der Waals surface area contributed by atoms with Crippen molar-refractivity contribution in [2.45, 2.75) is 57.8 Å². The van der Waals surface area contributed by atoms with Gasteiger partial charge in [-0.3, -0.25) is 0 Å². The van der Waals surface area contributed by atoms with Crippen LogP contribution in [0.25, 0.3) is 0 Å². The molecule has 0 aliphatic heterocycles. The van der Waals surface area contributed by atoms with E-state index in [4.69, 9.17) is 0 Å². The first-order chi connectivity index (χ1) is 6.35. The van der Waals surface area contributed by atoms with Crippen LogP contribution in [0.5, 0.6) is 0 Å². The van der Waals surface area contributed by atoms with E-state index in [9.17, 15) is 4.79 Å². The van der Waals surface area contributed by atoms with Gasteiger partial charge in [0, 0.05) is 5.41 Å². The highest BCUT2D eigenvalue weighted by Crippen LogP contribution is 2.45. The van der Waals surface area contributed by atoms with Gasteiger partial charge in [0.1, 0.15) is 6.29 Å². The molecule has 0 radical (unpaired) electrons. The Hall–Kier alpha value is -0.330. The van der Waals surface area contributed by atoms with E-state index in [1.54, 1.807) is 0 Å². The zero-order valence-electron chi connectivity index (χ0n) is 8.43. The van der Waals surface area contributed by atoms with E-state index in [0.717, 1.165) is 5.92 Å². The molecule has 2 saturated carbocycles. The summed E-state index contributed by atoms with van der Waals surface area (Å²) in [6.45, 7) is 0. The quantitative estimate of drug-likeness (QED) is 0.481. The van der Waals surface area contributed by atoms with Crippen LogP contribution < -0.4 is 0 Å². The molecule has 0 bridgehead atoms. The molecule has 2 aliphatic rings. The predicted octanol–water partition coefficient (Wildman–Crippen LogP) is 3.33. The van der Waals surface area contributed by atoms with Crippen LogP contribution in [0.2, 0.25) is 0 Å². The Morgan fingerprint density at radius 1 is 1.08 bits per heavy atom. The van der Waals surface area contributed by atoms with Crippen LogP contribution in [0.4, 0.5) is 0 Å². The van der Waals surface area contributed by atoms with E-state index < -0.39 is 0 Å². The summed E-state index contributed by atoms with van der Waals surface area (Å²) in [4.78, 5) is 11.2. The van der Waals surface area contributed by atoms with E-state index in [2.05, 4.69) is 0 Å². The van der Waals surface area contributed by atoms with Gasteiger partial charge in [0.15, 0.2) is 0 Å². The van der Waals surface area contributed by atoms with Crippen molar-refractivity contribution in [1.29, 1.82) is 0 Å². The Morgan fingerprint density at radius 3 is 2.15 bits per heavy atom. The molecule has 2 rings (SSSR count). The van der Waals surface area contributed by atoms with Gasteiger partial charge in [0.2, 0.25) is 0 Å². The highest BCUT2D eigenvalue weighted by Gasteiger charge is 2.36. The van der Waals surface area contributed by atoms with Crippen LogP contribution in [0, 0.1) is 11.3 Å². The van der Waals surface area contributed by atoms with Crippen molar-refractivity contribution < 1.29 is 4.79 Å². The minimum absolute atomic E-state index is 0.109. The number of hydrogen-bond donors (Lipinski definition) is 0. The highest BCUT2D eigenvalue weighted by molar-refractivity contribution is 5.59. The predicted molar refractivity (Wildman–Crippen MR) is 53.5 cm³/mol. The summed E-state index contributed by atoms with van der Waals surface area (Å²) < 4.78 is 0. The third kappa shape index (κ3) is 2.32. The first-order valence-electron chi connectivity index (χ1n) is 5.81. The maximum Gasteiger partial charge on any atom is 0.126 e. The molecule has 0 spiro atoms. The van der Waals surface area contributed by atoms with Crippen LogP contribution in [0.15, 0.2) is 0 Å². The third-order valence-electron chi connectivity index (χ3n) is 3.74. The van der Waals surface area contributed by atoms with Crippen molar-refractivity contribution in [2.24, 2.45) is 11.3 Å². The molecule has 74 valence electrons. The first kappa shape index (κ1) is 9.23. The second kappa shape index (κ2) is 3.81. The lowest BCUT2D eigenvalue weighted by Crippen LogP contribution is -2.22. The van der Waals surface area contributed by atoms with Crippen molar-refractivity contribution in [2.75, 3.05) is 0 Å². The standard InChI is InChI=1S/C12H20O/c13-10-12(9-11-5-6-11)7-3-1-2-4-8-12/h10-11H,1-9H2. The van der Waals surface area contributed by atoms with Gasteiger partial charge in [0.25, 0.3) is 0 Å². The van der Waals surface area contributed by atoms with Gasteiger partial charge in [-0.1, -0.05) is 38.5 Å². The topological polar surface area (TPSA) is 17.1 Å². The zero-order valence-corrected chi connectivity index (χ0v) is 8.43. The Bertz CT molecular complexity index is 174. The molecule has 0 aromatic heterocycles. The number of aldehydes is 1. The fourth-order valence-electron chi connectivity index (χ4n) is 2.70. The van der Waals surface area contributed by atoms with Gasteiger partial charge in [-0.05, 0) is 25.2 Å². The van der Waals surface area contributed by atoms with Crippen LogP contribution in [0.1, 0.15) is 57.8 Å². The van der Waals surface area contributed by atoms with Crippen molar-refractivity contribution in [3.8, 4) is 0 Å². The Kier molecular flexibility index (Phi) is 2.71. The Balaban J connectivity index is 1.96. The van der Waals surface area contributed by atoms with Gasteiger partial charge < -0.3 is 4.79 Å². The molecule has 0 amide bonds. The summed E-state index contributed by atoms with van der Waals surface area (Å²) in [7, 11) is 0. The molecular formula is C12H20O. The van der Waals surface area contributed by atoms with Gasteiger partial charge >= 0.3 is 0 Å². The van der Waals surface area contributed by atoms with E-state index in [1.807, 2.05) is 0 Å². The molecule has 0 atom stereocenters. The number of rotatable bonds is 3. The van der Waals surface area contributed by atoms with Gasteiger partial charge in [-0.2, -0.15) is 0 Å². The molecule has 1 heteroatoms. The molecule has 0 N–H and O–H groups in total. The number of carbonyl (C=O) groups is 1. The van der Waals surface area contributed by atoms with Crippen LogP contribution in [-0.4, -0.2) is 6.29 Å². The monoisotopic (exact) mass is 180 g/mol. The van der Waals surface area contributed by atoms with Crippen LogP contribution in [-0.2, 0) is 4.79 Å². The molecule has 13 heavy (non-hydrogen) atoms. The van der Waals surface area contributed by atoms with E-state index >= 15 is 0 Å². The second-order valence-electron chi connectivity index (χ2n) is 5.04. The van der Waals surface area contributed by atoms with Crippen molar-refractivity contribution in [3.63, 3.8) is 0 Å². The minimum atomic E-state index is 0.109. The first-order valence-corrected chi connectivity index (χ1v) is 5.81. The van der Waals surface area contributed by atoms with Crippen LogP contribution in [0.3, 0.4) is 0 Å². The molecule has 0 heterocycles. The lowest BCUT2D eigenvalue weighted by atomic mass is 9.77. The summed E-state index contributed by atoms with van der Waals surface area (Å²) in [6, 6.07) is 0.